The monoisotopic (exact) mass is 420 g/mol. The SMILES string of the molecule is CCN1CCN(c2nc(F)c(F)c(S(=O)(=O)CCN3CCCCC3)c2F)CC1. The highest BCUT2D eigenvalue weighted by atomic mass is 32.2. The first-order valence-corrected chi connectivity index (χ1v) is 11.5. The molecule has 1 aromatic heterocycles. The molecule has 2 saturated heterocycles. The highest BCUT2D eigenvalue weighted by Crippen LogP contribution is 2.29. The van der Waals surface area contributed by atoms with Crippen LogP contribution < -0.4 is 4.90 Å². The second-order valence-electron chi connectivity index (χ2n) is 7.33. The summed E-state index contributed by atoms with van der Waals surface area (Å²) in [6.45, 7) is 6.51. The number of rotatable bonds is 6. The molecule has 6 nitrogen and oxygen atoms in total. The van der Waals surface area contributed by atoms with Crippen LogP contribution in [0, 0.1) is 17.6 Å². The normalized spacial score (nSPS) is 19.9. The number of aromatic nitrogens is 1. The second-order valence-corrected chi connectivity index (χ2v) is 9.37. The first-order chi connectivity index (χ1) is 13.3. The van der Waals surface area contributed by atoms with E-state index < -0.39 is 43.9 Å². The zero-order valence-corrected chi connectivity index (χ0v) is 16.9. The Morgan fingerprint density at radius 3 is 2.14 bits per heavy atom. The molecular formula is C18H27F3N4O2S. The van der Waals surface area contributed by atoms with Gasteiger partial charge in [0, 0.05) is 32.7 Å². The number of nitrogens with zero attached hydrogens (tertiary/aromatic N) is 4. The maximum Gasteiger partial charge on any atom is 0.252 e. The molecule has 2 aliphatic rings. The predicted molar refractivity (Wildman–Crippen MR) is 101 cm³/mol. The fourth-order valence-electron chi connectivity index (χ4n) is 3.78. The molecule has 0 aliphatic carbocycles. The summed E-state index contributed by atoms with van der Waals surface area (Å²) in [5, 5.41) is 0. The Balaban J connectivity index is 1.84. The third-order valence-electron chi connectivity index (χ3n) is 5.54. The van der Waals surface area contributed by atoms with E-state index in [0.717, 1.165) is 38.9 Å². The van der Waals surface area contributed by atoms with Gasteiger partial charge in [0.1, 0.15) is 4.90 Å². The molecule has 3 heterocycles. The van der Waals surface area contributed by atoms with Crippen LogP contribution in [-0.4, -0.2) is 81.3 Å². The van der Waals surface area contributed by atoms with E-state index in [2.05, 4.69) is 9.88 Å². The van der Waals surface area contributed by atoms with E-state index in [1.54, 1.807) is 0 Å². The van der Waals surface area contributed by atoms with Gasteiger partial charge < -0.3 is 14.7 Å². The summed E-state index contributed by atoms with van der Waals surface area (Å²) >= 11 is 0. The Labute approximate surface area is 164 Å². The van der Waals surface area contributed by atoms with Crippen molar-refractivity contribution >= 4 is 15.7 Å². The number of piperazine rings is 1. The summed E-state index contributed by atoms with van der Waals surface area (Å²) < 4.78 is 68.7. The minimum Gasteiger partial charge on any atom is -0.351 e. The Hall–Kier alpha value is -1.39. The van der Waals surface area contributed by atoms with Crippen LogP contribution in [0.4, 0.5) is 19.0 Å². The van der Waals surface area contributed by atoms with Crippen molar-refractivity contribution in [2.75, 3.05) is 63.0 Å². The molecule has 3 rings (SSSR count). The Kier molecular flexibility index (Phi) is 6.82. The Morgan fingerprint density at radius 1 is 0.893 bits per heavy atom. The first-order valence-electron chi connectivity index (χ1n) is 9.80. The topological polar surface area (TPSA) is 56.8 Å². The van der Waals surface area contributed by atoms with Gasteiger partial charge in [-0.05, 0) is 32.5 Å². The number of piperidine rings is 1. The van der Waals surface area contributed by atoms with Gasteiger partial charge >= 0.3 is 0 Å². The Bertz CT molecular complexity index is 793. The summed E-state index contributed by atoms with van der Waals surface area (Å²) in [6.07, 6.45) is 3.04. The van der Waals surface area contributed by atoms with Crippen molar-refractivity contribution in [1.82, 2.24) is 14.8 Å². The zero-order chi connectivity index (χ0) is 20.3. The highest BCUT2D eigenvalue weighted by Gasteiger charge is 2.33. The van der Waals surface area contributed by atoms with Gasteiger partial charge in [-0.15, -0.1) is 0 Å². The van der Waals surface area contributed by atoms with Crippen molar-refractivity contribution in [2.45, 2.75) is 31.1 Å². The molecular weight excluding hydrogens is 393 g/mol. The standard InChI is InChI=1S/C18H27F3N4O2S/c1-2-23-8-10-25(11-9-23)18-15(20)16(14(19)17(21)22-18)28(26,27)13-12-24-6-4-3-5-7-24/h2-13H2,1H3. The quantitative estimate of drug-likeness (QED) is 0.656. The molecule has 0 spiro atoms. The van der Waals surface area contributed by atoms with E-state index in [1.165, 1.54) is 4.90 Å². The van der Waals surface area contributed by atoms with Gasteiger partial charge in [0.15, 0.2) is 27.3 Å². The van der Waals surface area contributed by atoms with Crippen molar-refractivity contribution in [1.29, 1.82) is 0 Å². The molecule has 158 valence electrons. The van der Waals surface area contributed by atoms with Crippen molar-refractivity contribution in [3.8, 4) is 0 Å². The summed E-state index contributed by atoms with van der Waals surface area (Å²) in [6, 6.07) is 0. The van der Waals surface area contributed by atoms with Gasteiger partial charge in [0.05, 0.1) is 5.75 Å². The third kappa shape index (κ3) is 4.60. The summed E-state index contributed by atoms with van der Waals surface area (Å²) in [5.41, 5.74) is 0. The van der Waals surface area contributed by atoms with Crippen LogP contribution in [0.5, 0.6) is 0 Å². The van der Waals surface area contributed by atoms with Gasteiger partial charge in [0.2, 0.25) is 0 Å². The lowest BCUT2D eigenvalue weighted by Gasteiger charge is -2.35. The molecule has 1 aromatic rings. The molecule has 28 heavy (non-hydrogen) atoms. The predicted octanol–water partition coefficient (Wildman–Crippen LogP) is 1.90. The van der Waals surface area contributed by atoms with Crippen LogP contribution in [0.25, 0.3) is 0 Å². The smallest absolute Gasteiger partial charge is 0.252 e. The maximum atomic E-state index is 15.0. The van der Waals surface area contributed by atoms with Crippen molar-refractivity contribution in [3.63, 3.8) is 0 Å². The number of likely N-dealkylation sites (tertiary alicyclic amines) is 1. The molecule has 0 N–H and O–H groups in total. The van der Waals surface area contributed by atoms with Gasteiger partial charge in [0.25, 0.3) is 5.95 Å². The average Bonchev–Trinajstić information content (AvgIpc) is 2.70. The molecule has 0 unspecified atom stereocenters. The summed E-state index contributed by atoms with van der Waals surface area (Å²) in [7, 11) is -4.33. The number of pyridine rings is 1. The first kappa shape index (κ1) is 21.3. The number of likely N-dealkylation sites (N-methyl/N-ethyl adjacent to an activating group) is 1. The van der Waals surface area contributed by atoms with Gasteiger partial charge in [-0.3, -0.25) is 0 Å². The summed E-state index contributed by atoms with van der Waals surface area (Å²) in [4.78, 5) is 7.76. The van der Waals surface area contributed by atoms with Gasteiger partial charge in [-0.1, -0.05) is 13.3 Å². The van der Waals surface area contributed by atoms with Crippen molar-refractivity contribution in [2.24, 2.45) is 0 Å². The lowest BCUT2D eigenvalue weighted by Crippen LogP contribution is -2.47. The van der Waals surface area contributed by atoms with E-state index >= 15 is 4.39 Å². The van der Waals surface area contributed by atoms with E-state index in [9.17, 15) is 17.2 Å². The third-order valence-corrected chi connectivity index (χ3v) is 7.24. The fraction of sp³-hybridized carbons (Fsp3) is 0.722. The van der Waals surface area contributed by atoms with Gasteiger partial charge in [-0.25, -0.2) is 17.2 Å². The van der Waals surface area contributed by atoms with Crippen LogP contribution in [0.1, 0.15) is 26.2 Å². The molecule has 0 saturated carbocycles. The van der Waals surface area contributed by atoms with E-state index in [1.807, 2.05) is 11.8 Å². The lowest BCUT2D eigenvalue weighted by atomic mass is 10.1. The summed E-state index contributed by atoms with van der Waals surface area (Å²) in [5.74, 6) is -5.47. The molecule has 0 radical (unpaired) electrons. The largest absolute Gasteiger partial charge is 0.351 e. The maximum absolute atomic E-state index is 15.0. The van der Waals surface area contributed by atoms with Crippen LogP contribution in [0.2, 0.25) is 0 Å². The molecule has 2 fully saturated rings. The van der Waals surface area contributed by atoms with Crippen LogP contribution in [-0.2, 0) is 9.84 Å². The number of halogens is 3. The number of hydrogen-bond donors (Lipinski definition) is 0. The van der Waals surface area contributed by atoms with E-state index in [-0.39, 0.29) is 6.54 Å². The average molecular weight is 421 g/mol. The molecule has 0 atom stereocenters. The van der Waals surface area contributed by atoms with Crippen molar-refractivity contribution in [3.05, 3.63) is 17.6 Å². The van der Waals surface area contributed by atoms with Crippen LogP contribution in [0.15, 0.2) is 4.90 Å². The minimum atomic E-state index is -4.33. The van der Waals surface area contributed by atoms with Crippen molar-refractivity contribution < 1.29 is 21.6 Å². The van der Waals surface area contributed by atoms with E-state index in [4.69, 9.17) is 0 Å². The second kappa shape index (κ2) is 8.96. The fourth-order valence-corrected chi connectivity index (χ4v) is 5.20. The number of hydrogen-bond acceptors (Lipinski definition) is 6. The Morgan fingerprint density at radius 2 is 1.54 bits per heavy atom. The lowest BCUT2D eigenvalue weighted by molar-refractivity contribution is 0.241. The van der Waals surface area contributed by atoms with Crippen LogP contribution in [0.3, 0.4) is 0 Å². The molecule has 0 amide bonds. The number of anilines is 1. The zero-order valence-electron chi connectivity index (χ0n) is 16.1. The molecule has 0 aromatic carbocycles. The van der Waals surface area contributed by atoms with Crippen LogP contribution >= 0.6 is 0 Å². The van der Waals surface area contributed by atoms with Gasteiger partial charge in [-0.2, -0.15) is 9.37 Å². The van der Waals surface area contributed by atoms with E-state index in [0.29, 0.717) is 26.2 Å². The molecule has 0 bridgehead atoms. The number of sulfone groups is 1. The minimum absolute atomic E-state index is 0.176. The highest BCUT2D eigenvalue weighted by molar-refractivity contribution is 7.91. The molecule has 10 heteroatoms. The molecule has 2 aliphatic heterocycles.